The summed E-state index contributed by atoms with van der Waals surface area (Å²) in [6.07, 6.45) is 5.31. The summed E-state index contributed by atoms with van der Waals surface area (Å²) in [4.78, 5) is 5.35. The first-order valence-corrected chi connectivity index (χ1v) is 8.11. The van der Waals surface area contributed by atoms with Crippen LogP contribution in [0.15, 0.2) is 0 Å². The van der Waals surface area contributed by atoms with E-state index in [9.17, 15) is 0 Å². The molecule has 3 heteroatoms. The van der Waals surface area contributed by atoms with Crippen LogP contribution in [0.3, 0.4) is 0 Å². The van der Waals surface area contributed by atoms with Crippen LogP contribution in [0.2, 0.25) is 0 Å². The van der Waals surface area contributed by atoms with Crippen LogP contribution in [0.5, 0.6) is 0 Å². The minimum absolute atomic E-state index is 0.440. The molecule has 0 aromatic rings. The quantitative estimate of drug-likeness (QED) is 0.845. The topological polar surface area (TPSA) is 18.5 Å². The van der Waals surface area contributed by atoms with Gasteiger partial charge in [0.2, 0.25) is 0 Å². The second-order valence-electron chi connectivity index (χ2n) is 7.28. The number of hydrogen-bond acceptors (Lipinski definition) is 3. The first-order chi connectivity index (χ1) is 8.99. The van der Waals surface area contributed by atoms with E-state index in [2.05, 4.69) is 50.0 Å². The SMILES string of the molecule is CCC1CN(C)CCCN1C1CCC(C)(C)C1NC. The van der Waals surface area contributed by atoms with Gasteiger partial charge in [0.15, 0.2) is 0 Å². The van der Waals surface area contributed by atoms with Crippen LogP contribution in [-0.2, 0) is 0 Å². The van der Waals surface area contributed by atoms with Gasteiger partial charge in [-0.25, -0.2) is 0 Å². The molecule has 1 aliphatic carbocycles. The Hall–Kier alpha value is -0.120. The molecular weight excluding hydrogens is 234 g/mol. The van der Waals surface area contributed by atoms with Crippen LogP contribution in [0.4, 0.5) is 0 Å². The lowest BCUT2D eigenvalue weighted by Crippen LogP contribution is -2.54. The first kappa shape index (κ1) is 15.3. The summed E-state index contributed by atoms with van der Waals surface area (Å²) >= 11 is 0. The van der Waals surface area contributed by atoms with Gasteiger partial charge in [-0.2, -0.15) is 0 Å². The average Bonchev–Trinajstić information content (AvgIpc) is 2.55. The fourth-order valence-corrected chi connectivity index (χ4v) is 4.37. The largest absolute Gasteiger partial charge is 0.315 e. The number of likely N-dealkylation sites (N-methyl/N-ethyl adjacent to an activating group) is 2. The minimum atomic E-state index is 0.440. The standard InChI is InChI=1S/C16H33N3/c1-6-13-12-18(5)10-7-11-19(13)14-8-9-16(2,3)15(14)17-4/h13-15,17H,6-12H2,1-5H3. The molecule has 1 heterocycles. The van der Waals surface area contributed by atoms with Gasteiger partial charge in [-0.15, -0.1) is 0 Å². The molecular formula is C16H33N3. The number of nitrogens with one attached hydrogen (secondary N) is 1. The van der Waals surface area contributed by atoms with Crippen molar-refractivity contribution in [3.8, 4) is 0 Å². The highest BCUT2D eigenvalue weighted by Gasteiger charge is 2.45. The van der Waals surface area contributed by atoms with Crippen LogP contribution < -0.4 is 5.32 Å². The van der Waals surface area contributed by atoms with E-state index in [1.807, 2.05) is 0 Å². The van der Waals surface area contributed by atoms with E-state index in [0.29, 0.717) is 11.5 Å². The molecule has 1 N–H and O–H groups in total. The molecule has 2 rings (SSSR count). The Kier molecular flexibility index (Phi) is 4.91. The molecule has 0 amide bonds. The van der Waals surface area contributed by atoms with E-state index in [4.69, 9.17) is 0 Å². The lowest BCUT2D eigenvalue weighted by Gasteiger charge is -2.40. The average molecular weight is 267 g/mol. The Bertz CT molecular complexity index is 290. The third-order valence-corrected chi connectivity index (χ3v) is 5.47. The number of rotatable bonds is 3. The van der Waals surface area contributed by atoms with Gasteiger partial charge in [-0.1, -0.05) is 20.8 Å². The lowest BCUT2D eigenvalue weighted by atomic mass is 9.86. The Morgan fingerprint density at radius 2 is 2.00 bits per heavy atom. The second kappa shape index (κ2) is 6.11. The predicted molar refractivity (Wildman–Crippen MR) is 82.5 cm³/mol. The van der Waals surface area contributed by atoms with Crippen LogP contribution in [-0.4, -0.2) is 61.7 Å². The maximum Gasteiger partial charge on any atom is 0.0271 e. The van der Waals surface area contributed by atoms with Crippen LogP contribution in [0, 0.1) is 5.41 Å². The molecule has 3 nitrogen and oxygen atoms in total. The van der Waals surface area contributed by atoms with E-state index >= 15 is 0 Å². The Balaban J connectivity index is 2.14. The molecule has 0 radical (unpaired) electrons. The van der Waals surface area contributed by atoms with E-state index < -0.39 is 0 Å². The van der Waals surface area contributed by atoms with Gasteiger partial charge in [0.25, 0.3) is 0 Å². The monoisotopic (exact) mass is 267 g/mol. The minimum Gasteiger partial charge on any atom is -0.315 e. The maximum atomic E-state index is 3.62. The van der Waals surface area contributed by atoms with Crippen molar-refractivity contribution in [1.29, 1.82) is 0 Å². The fraction of sp³-hybridized carbons (Fsp3) is 1.00. The number of nitrogens with zero attached hydrogens (tertiary/aromatic N) is 2. The van der Waals surface area contributed by atoms with Crippen molar-refractivity contribution in [2.75, 3.05) is 33.7 Å². The van der Waals surface area contributed by atoms with Gasteiger partial charge in [0.1, 0.15) is 0 Å². The van der Waals surface area contributed by atoms with Gasteiger partial charge >= 0.3 is 0 Å². The third-order valence-electron chi connectivity index (χ3n) is 5.47. The Labute approximate surface area is 119 Å². The molecule has 112 valence electrons. The zero-order valence-electron chi connectivity index (χ0n) is 13.6. The van der Waals surface area contributed by atoms with Crippen molar-refractivity contribution in [3.63, 3.8) is 0 Å². The molecule has 1 aliphatic heterocycles. The summed E-state index contributed by atoms with van der Waals surface area (Å²) in [5.74, 6) is 0. The van der Waals surface area contributed by atoms with Crippen LogP contribution in [0.1, 0.15) is 46.5 Å². The maximum absolute atomic E-state index is 3.62. The molecule has 2 fully saturated rings. The van der Waals surface area contributed by atoms with Crippen molar-refractivity contribution >= 4 is 0 Å². The molecule has 3 unspecified atom stereocenters. The lowest BCUT2D eigenvalue weighted by molar-refractivity contribution is 0.0989. The van der Waals surface area contributed by atoms with Gasteiger partial charge in [0, 0.05) is 31.2 Å². The highest BCUT2D eigenvalue weighted by atomic mass is 15.3. The van der Waals surface area contributed by atoms with Gasteiger partial charge in [-0.3, -0.25) is 4.90 Å². The molecule has 1 saturated carbocycles. The van der Waals surface area contributed by atoms with E-state index in [0.717, 1.165) is 12.1 Å². The highest BCUT2D eigenvalue weighted by Crippen LogP contribution is 2.40. The summed E-state index contributed by atoms with van der Waals surface area (Å²) in [7, 11) is 4.43. The van der Waals surface area contributed by atoms with Crippen LogP contribution in [0.25, 0.3) is 0 Å². The summed E-state index contributed by atoms with van der Waals surface area (Å²) in [5.41, 5.74) is 0.440. The van der Waals surface area contributed by atoms with Gasteiger partial charge in [-0.05, 0) is 51.7 Å². The summed E-state index contributed by atoms with van der Waals surface area (Å²) < 4.78 is 0. The third kappa shape index (κ3) is 3.14. The molecule has 2 aliphatic rings. The van der Waals surface area contributed by atoms with E-state index in [1.54, 1.807) is 0 Å². The number of hydrogen-bond donors (Lipinski definition) is 1. The predicted octanol–water partition coefficient (Wildman–Crippen LogP) is 2.18. The Morgan fingerprint density at radius 1 is 1.26 bits per heavy atom. The smallest absolute Gasteiger partial charge is 0.0271 e. The van der Waals surface area contributed by atoms with Crippen LogP contribution >= 0.6 is 0 Å². The van der Waals surface area contributed by atoms with Crippen molar-refractivity contribution in [1.82, 2.24) is 15.1 Å². The van der Waals surface area contributed by atoms with Crippen molar-refractivity contribution in [2.45, 2.75) is 64.6 Å². The zero-order chi connectivity index (χ0) is 14.0. The van der Waals surface area contributed by atoms with Crippen molar-refractivity contribution in [2.24, 2.45) is 5.41 Å². The molecule has 0 aromatic heterocycles. The molecule has 1 saturated heterocycles. The second-order valence-corrected chi connectivity index (χ2v) is 7.28. The summed E-state index contributed by atoms with van der Waals surface area (Å²) in [6, 6.07) is 2.11. The molecule has 0 spiro atoms. The van der Waals surface area contributed by atoms with Crippen molar-refractivity contribution in [3.05, 3.63) is 0 Å². The Morgan fingerprint density at radius 3 is 2.63 bits per heavy atom. The van der Waals surface area contributed by atoms with E-state index in [-0.39, 0.29) is 0 Å². The summed E-state index contributed by atoms with van der Waals surface area (Å²) in [6.45, 7) is 11.0. The van der Waals surface area contributed by atoms with Crippen molar-refractivity contribution < 1.29 is 0 Å². The molecule has 0 aromatic carbocycles. The molecule has 3 atom stereocenters. The molecule has 0 bridgehead atoms. The fourth-order valence-electron chi connectivity index (χ4n) is 4.37. The molecule has 19 heavy (non-hydrogen) atoms. The van der Waals surface area contributed by atoms with E-state index in [1.165, 1.54) is 45.3 Å². The normalized spacial score (nSPS) is 37.4. The summed E-state index contributed by atoms with van der Waals surface area (Å²) in [5, 5.41) is 3.62. The zero-order valence-corrected chi connectivity index (χ0v) is 13.6. The van der Waals surface area contributed by atoms with Gasteiger partial charge in [0.05, 0.1) is 0 Å². The highest BCUT2D eigenvalue weighted by molar-refractivity contribution is 5.02. The first-order valence-electron chi connectivity index (χ1n) is 8.11. The van der Waals surface area contributed by atoms with Gasteiger partial charge < -0.3 is 10.2 Å².